The van der Waals surface area contributed by atoms with Crippen molar-refractivity contribution >= 4 is 12.1 Å². The van der Waals surface area contributed by atoms with E-state index in [-0.39, 0.29) is 0 Å². The van der Waals surface area contributed by atoms with Crippen LogP contribution in [0.5, 0.6) is 0 Å². The molecule has 0 aromatic carbocycles. The van der Waals surface area contributed by atoms with Gasteiger partial charge in [-0.2, -0.15) is 0 Å². The first-order valence-electron chi connectivity index (χ1n) is 6.22. The van der Waals surface area contributed by atoms with E-state index in [1.54, 1.807) is 41.5 Å². The van der Waals surface area contributed by atoms with Crippen LogP contribution in [-0.4, -0.2) is 40.5 Å². The fraction of sp³-hybridized carbons (Fsp3) is 0.846. The number of esters is 1. The second-order valence-electron chi connectivity index (χ2n) is 6.40. The molecule has 0 spiro atoms. The Morgan fingerprint density at radius 3 is 1.74 bits per heavy atom. The molecule has 19 heavy (non-hydrogen) atoms. The molecule has 0 aliphatic heterocycles. The van der Waals surface area contributed by atoms with Crippen LogP contribution in [0.1, 0.15) is 48.5 Å². The summed E-state index contributed by atoms with van der Waals surface area (Å²) in [4.78, 5) is 23.4. The number of rotatable bonds is 3. The van der Waals surface area contributed by atoms with Gasteiger partial charge in [-0.1, -0.05) is 0 Å². The monoisotopic (exact) mass is 275 g/mol. The largest absolute Gasteiger partial charge is 0.458 e. The second kappa shape index (κ2) is 6.23. The second-order valence-corrected chi connectivity index (χ2v) is 6.40. The lowest BCUT2D eigenvalue weighted by Crippen LogP contribution is -2.51. The summed E-state index contributed by atoms with van der Waals surface area (Å²) in [5.41, 5.74) is -1.37. The van der Waals surface area contributed by atoms with Gasteiger partial charge in [-0.05, 0) is 48.5 Å². The number of hydrogen-bond donors (Lipinski definition) is 2. The first-order valence-corrected chi connectivity index (χ1v) is 6.22. The predicted octanol–water partition coefficient (Wildman–Crippen LogP) is 1.60. The molecule has 0 aliphatic carbocycles. The zero-order valence-electron chi connectivity index (χ0n) is 12.7. The van der Waals surface area contributed by atoms with Gasteiger partial charge in [0, 0.05) is 0 Å². The van der Waals surface area contributed by atoms with Crippen molar-refractivity contribution in [3.05, 3.63) is 0 Å². The maximum atomic E-state index is 11.8. The van der Waals surface area contributed by atoms with Gasteiger partial charge < -0.3 is 19.9 Å². The van der Waals surface area contributed by atoms with Gasteiger partial charge in [0.1, 0.15) is 11.2 Å². The number of ether oxygens (including phenoxy) is 2. The molecule has 0 radical (unpaired) electrons. The summed E-state index contributed by atoms with van der Waals surface area (Å²) in [5.74, 6) is -0.701. The molecule has 0 rings (SSSR count). The lowest BCUT2D eigenvalue weighted by Gasteiger charge is -2.27. The number of carbonyl (C=O) groups excluding carboxylic acids is 2. The Hall–Kier alpha value is -1.30. The van der Waals surface area contributed by atoms with E-state index in [4.69, 9.17) is 9.47 Å². The van der Waals surface area contributed by atoms with Crippen molar-refractivity contribution in [1.29, 1.82) is 0 Å². The molecule has 2 atom stereocenters. The maximum Gasteiger partial charge on any atom is 0.408 e. The average Bonchev–Trinajstić information content (AvgIpc) is 2.07. The molecule has 0 bridgehead atoms. The van der Waals surface area contributed by atoms with Gasteiger partial charge >= 0.3 is 12.1 Å². The molecule has 0 aromatic rings. The summed E-state index contributed by atoms with van der Waals surface area (Å²) in [7, 11) is 0. The molecule has 2 N–H and O–H groups in total. The first-order chi connectivity index (χ1) is 8.32. The highest BCUT2D eigenvalue weighted by Gasteiger charge is 2.31. The Labute approximate surface area is 114 Å². The third-order valence-corrected chi connectivity index (χ3v) is 1.82. The molecule has 6 heteroatoms. The van der Waals surface area contributed by atoms with Crippen LogP contribution < -0.4 is 5.32 Å². The van der Waals surface area contributed by atoms with Crippen LogP contribution in [0.4, 0.5) is 4.79 Å². The highest BCUT2D eigenvalue weighted by molar-refractivity contribution is 5.82. The summed E-state index contributed by atoms with van der Waals surface area (Å²) in [6, 6.07) is -1.16. The van der Waals surface area contributed by atoms with Crippen LogP contribution in [0.15, 0.2) is 0 Å². The molecule has 0 unspecified atom stereocenters. The third kappa shape index (κ3) is 8.42. The molecule has 0 fully saturated rings. The van der Waals surface area contributed by atoms with Crippen molar-refractivity contribution < 1.29 is 24.2 Å². The molecule has 0 aliphatic rings. The Morgan fingerprint density at radius 1 is 1.00 bits per heavy atom. The Morgan fingerprint density at radius 2 is 1.42 bits per heavy atom. The van der Waals surface area contributed by atoms with Crippen molar-refractivity contribution in [2.24, 2.45) is 0 Å². The molecule has 0 saturated heterocycles. The zero-order chi connectivity index (χ0) is 15.4. The van der Waals surface area contributed by atoms with Crippen molar-refractivity contribution in [3.63, 3.8) is 0 Å². The van der Waals surface area contributed by atoms with Crippen LogP contribution in [-0.2, 0) is 14.3 Å². The number of alkyl carbamates (subject to hydrolysis) is 1. The number of nitrogens with one attached hydrogen (secondary N) is 1. The van der Waals surface area contributed by atoms with E-state index in [0.717, 1.165) is 0 Å². The molecular formula is C13H25NO5. The SMILES string of the molecule is C[C@H](O)[C@@H](NC(=O)OC(C)(C)C)C(=O)OC(C)(C)C. The molecule has 0 aromatic heterocycles. The van der Waals surface area contributed by atoms with Crippen LogP contribution >= 0.6 is 0 Å². The van der Waals surface area contributed by atoms with Gasteiger partial charge in [0.15, 0.2) is 6.04 Å². The summed E-state index contributed by atoms with van der Waals surface area (Å²) in [5, 5.41) is 11.9. The van der Waals surface area contributed by atoms with Crippen LogP contribution in [0.25, 0.3) is 0 Å². The summed E-state index contributed by atoms with van der Waals surface area (Å²) < 4.78 is 10.2. The lowest BCUT2D eigenvalue weighted by atomic mass is 10.1. The number of aliphatic hydroxyl groups excluding tert-OH is 1. The molecule has 1 amide bonds. The maximum absolute atomic E-state index is 11.8. The Kier molecular flexibility index (Phi) is 5.81. The topological polar surface area (TPSA) is 84.9 Å². The minimum atomic E-state index is -1.16. The summed E-state index contributed by atoms with van der Waals surface area (Å²) >= 11 is 0. The van der Waals surface area contributed by atoms with Crippen LogP contribution in [0, 0.1) is 0 Å². The first kappa shape index (κ1) is 17.7. The van der Waals surface area contributed by atoms with Crippen molar-refractivity contribution in [3.8, 4) is 0 Å². The number of hydrogen-bond acceptors (Lipinski definition) is 5. The highest BCUT2D eigenvalue weighted by atomic mass is 16.6. The molecule has 0 heterocycles. The van der Waals surface area contributed by atoms with Gasteiger partial charge in [0.25, 0.3) is 0 Å². The van der Waals surface area contributed by atoms with E-state index < -0.39 is 35.4 Å². The molecular weight excluding hydrogens is 250 g/mol. The van der Waals surface area contributed by atoms with E-state index in [9.17, 15) is 14.7 Å². The van der Waals surface area contributed by atoms with E-state index in [1.165, 1.54) is 6.92 Å². The summed E-state index contributed by atoms with van der Waals surface area (Å²) in [6.07, 6.45) is -1.85. The smallest absolute Gasteiger partial charge is 0.408 e. The number of aliphatic hydroxyl groups is 1. The van der Waals surface area contributed by atoms with Gasteiger partial charge in [0.05, 0.1) is 6.10 Å². The molecule has 0 saturated carbocycles. The Balaban J connectivity index is 4.67. The van der Waals surface area contributed by atoms with Gasteiger partial charge in [0.2, 0.25) is 0 Å². The number of carbonyl (C=O) groups is 2. The van der Waals surface area contributed by atoms with Crippen molar-refractivity contribution in [2.45, 2.75) is 71.8 Å². The number of amides is 1. The molecule has 6 nitrogen and oxygen atoms in total. The third-order valence-electron chi connectivity index (χ3n) is 1.82. The van der Waals surface area contributed by atoms with Crippen molar-refractivity contribution in [1.82, 2.24) is 5.32 Å². The standard InChI is InChI=1S/C13H25NO5/c1-8(15)9(10(16)18-12(2,3)4)14-11(17)19-13(5,6)7/h8-9,15H,1-7H3,(H,14,17)/t8-,9+/m0/s1. The van der Waals surface area contributed by atoms with Crippen LogP contribution in [0.3, 0.4) is 0 Å². The lowest BCUT2D eigenvalue weighted by molar-refractivity contribution is -0.160. The van der Waals surface area contributed by atoms with E-state index in [1.807, 2.05) is 0 Å². The normalized spacial score (nSPS) is 15.4. The zero-order valence-corrected chi connectivity index (χ0v) is 12.7. The Bertz CT molecular complexity index is 325. The average molecular weight is 275 g/mol. The van der Waals surface area contributed by atoms with E-state index >= 15 is 0 Å². The minimum Gasteiger partial charge on any atom is -0.458 e. The summed E-state index contributed by atoms with van der Waals surface area (Å²) in [6.45, 7) is 11.6. The predicted molar refractivity (Wildman–Crippen MR) is 70.7 cm³/mol. The van der Waals surface area contributed by atoms with Crippen LogP contribution in [0.2, 0.25) is 0 Å². The molecule has 112 valence electrons. The van der Waals surface area contributed by atoms with Gasteiger partial charge in [-0.25, -0.2) is 9.59 Å². The van der Waals surface area contributed by atoms with Crippen molar-refractivity contribution in [2.75, 3.05) is 0 Å². The quantitative estimate of drug-likeness (QED) is 0.764. The fourth-order valence-corrected chi connectivity index (χ4v) is 1.18. The highest BCUT2D eigenvalue weighted by Crippen LogP contribution is 2.11. The van der Waals surface area contributed by atoms with E-state index in [2.05, 4.69) is 5.32 Å². The fourth-order valence-electron chi connectivity index (χ4n) is 1.18. The van der Waals surface area contributed by atoms with Gasteiger partial charge in [-0.15, -0.1) is 0 Å². The van der Waals surface area contributed by atoms with E-state index in [0.29, 0.717) is 0 Å². The minimum absolute atomic E-state index is 0.679. The van der Waals surface area contributed by atoms with Gasteiger partial charge in [-0.3, -0.25) is 0 Å².